The molecule has 83 heavy (non-hydrogen) atoms. The van der Waals surface area contributed by atoms with E-state index in [1.807, 2.05) is 76.2 Å². The Labute approximate surface area is 483 Å². The molecule has 4 aromatic carbocycles. The van der Waals surface area contributed by atoms with Gasteiger partial charge in [-0.15, -0.1) is 0 Å². The molecule has 0 unspecified atom stereocenters. The Kier molecular flexibility index (Phi) is 27.2. The molecule has 12 N–H and O–H groups in total. The molecule has 0 aromatic heterocycles. The highest BCUT2D eigenvalue weighted by atomic mass is 16.5. The van der Waals surface area contributed by atoms with Crippen LogP contribution in [0.5, 0.6) is 0 Å². The minimum atomic E-state index is -1.04. The van der Waals surface area contributed by atoms with E-state index in [2.05, 4.69) is 63.6 Å². The zero-order chi connectivity index (χ0) is 61.0. The summed E-state index contributed by atoms with van der Waals surface area (Å²) in [6.07, 6.45) is 1.36. The van der Waals surface area contributed by atoms with Gasteiger partial charge in [0.15, 0.2) is 11.6 Å². The molecular formula is C59H77N13O11. The number of ketones is 2. The van der Waals surface area contributed by atoms with Crippen LogP contribution in [-0.4, -0.2) is 123 Å². The maximum atomic E-state index is 13.8. The van der Waals surface area contributed by atoms with Gasteiger partial charge in [0.25, 0.3) is 11.8 Å². The van der Waals surface area contributed by atoms with Gasteiger partial charge in [0.2, 0.25) is 17.7 Å². The third kappa shape index (κ3) is 20.9. The maximum absolute atomic E-state index is 13.8. The Bertz CT molecular complexity index is 2910. The number of hydrogen-bond donors (Lipinski definition) is 11. The van der Waals surface area contributed by atoms with E-state index in [1.165, 1.54) is 27.9 Å². The third-order valence-electron chi connectivity index (χ3n) is 12.8. The lowest BCUT2D eigenvalue weighted by molar-refractivity contribution is -0.127. The van der Waals surface area contributed by atoms with Crippen LogP contribution in [0.4, 0.5) is 14.4 Å². The lowest BCUT2D eigenvalue weighted by atomic mass is 9.98. The van der Waals surface area contributed by atoms with Crippen LogP contribution in [0.3, 0.4) is 0 Å². The molecule has 10 amide bonds. The van der Waals surface area contributed by atoms with Crippen LogP contribution in [0.1, 0.15) is 114 Å². The molecule has 0 saturated heterocycles. The number of hydrogen-bond acceptors (Lipinski definition) is 14. The van der Waals surface area contributed by atoms with Gasteiger partial charge in [0, 0.05) is 20.0 Å². The van der Waals surface area contributed by atoms with Crippen LogP contribution < -0.4 is 59.1 Å². The number of Topliss-reactive ketones (excluding diaryl/α,β-unsaturated/α-hetero) is 2. The van der Waals surface area contributed by atoms with E-state index in [9.17, 15) is 47.9 Å². The molecule has 1 aliphatic carbocycles. The summed E-state index contributed by atoms with van der Waals surface area (Å²) in [6, 6.07) is 27.5. The van der Waals surface area contributed by atoms with E-state index in [1.54, 1.807) is 60.7 Å². The van der Waals surface area contributed by atoms with Crippen molar-refractivity contribution in [2.45, 2.75) is 110 Å². The second kappa shape index (κ2) is 34.1. The summed E-state index contributed by atoms with van der Waals surface area (Å²) >= 11 is 0. The van der Waals surface area contributed by atoms with Crippen LogP contribution in [0.15, 0.2) is 119 Å². The molecule has 0 aliphatic heterocycles. The van der Waals surface area contributed by atoms with Crippen molar-refractivity contribution in [2.75, 3.05) is 33.8 Å². The highest BCUT2D eigenvalue weighted by molar-refractivity contribution is 6.42. The number of hydrazone groups is 2. The van der Waals surface area contributed by atoms with E-state index in [4.69, 9.17) is 10.5 Å². The molecule has 1 aliphatic rings. The van der Waals surface area contributed by atoms with E-state index in [-0.39, 0.29) is 60.8 Å². The fourth-order valence-electron chi connectivity index (χ4n) is 8.75. The molecule has 5 rings (SSSR count). The Balaban J connectivity index is 0.000000430. The zero-order valence-electron chi connectivity index (χ0n) is 48.1. The predicted molar refractivity (Wildman–Crippen MR) is 313 cm³/mol. The van der Waals surface area contributed by atoms with Crippen molar-refractivity contribution in [3.8, 4) is 11.1 Å². The first kappa shape index (κ1) is 66.2. The van der Waals surface area contributed by atoms with Crippen molar-refractivity contribution >= 4 is 70.7 Å². The summed E-state index contributed by atoms with van der Waals surface area (Å²) in [5.74, 6) is -4.05. The average Bonchev–Trinajstić information content (AvgIpc) is 3.89. The summed E-state index contributed by atoms with van der Waals surface area (Å²) in [4.78, 5) is 126. The standard InChI is InChI=1S/C40H49N7O7.C19H28N6O4/c1-6-14-32(36(46-47-39(52)41-5)38(51)42-22-34(49)45-35(25(4)48)26-15-8-7-9-16-26)43-37(50)33(21-24(2)3)44-40(53)54-23-31-29-19-12-10-17-27(29)28-18-11-13-20-30(28)31;1-4-8-14(20)17(24-25-19(29)21-3)18(28)22-11-15(27)23-16(12(2)26)13-9-6-5-7-10-13/h7-13,15-20,24,31-33,35H,6,14,21-23H2,1-5H3,(H,42,51)(H,43,50)(H,44,53)(H,45,49)(H2,41,47,52);5-7,9-10,14,16H,4,8,11,20H2,1-3H3,(H,22,28)(H,23,27)(H2,21,25,29)/t32-,33-,35+;14-,16+/m00/s1. The monoisotopic (exact) mass is 1140 g/mol. The maximum Gasteiger partial charge on any atom is 0.407 e. The van der Waals surface area contributed by atoms with Gasteiger partial charge in [0.1, 0.15) is 36.2 Å². The predicted octanol–water partition coefficient (Wildman–Crippen LogP) is 4.03. The molecule has 24 nitrogen and oxygen atoms in total. The lowest BCUT2D eigenvalue weighted by Crippen LogP contribution is -2.55. The van der Waals surface area contributed by atoms with Crippen LogP contribution in [0.2, 0.25) is 0 Å². The average molecular weight is 1140 g/mol. The first-order chi connectivity index (χ1) is 39.7. The number of alkyl carbamates (subject to hydrolysis) is 1. The van der Waals surface area contributed by atoms with E-state index in [0.29, 0.717) is 30.4 Å². The molecule has 24 heteroatoms. The molecule has 0 bridgehead atoms. The van der Waals surface area contributed by atoms with E-state index in [0.717, 1.165) is 22.3 Å². The molecule has 0 saturated carbocycles. The van der Waals surface area contributed by atoms with E-state index >= 15 is 0 Å². The van der Waals surface area contributed by atoms with Crippen molar-refractivity contribution in [1.29, 1.82) is 0 Å². The van der Waals surface area contributed by atoms with Gasteiger partial charge in [0.05, 0.1) is 25.2 Å². The first-order valence-electron chi connectivity index (χ1n) is 27.3. The number of rotatable bonds is 27. The van der Waals surface area contributed by atoms with Crippen molar-refractivity contribution < 1.29 is 52.7 Å². The quantitative estimate of drug-likeness (QED) is 0.0298. The molecule has 0 fully saturated rings. The summed E-state index contributed by atoms with van der Waals surface area (Å²) in [6.45, 7) is 9.39. The van der Waals surface area contributed by atoms with E-state index < -0.39 is 84.4 Å². The number of carbonyl (C=O) groups is 10. The van der Waals surface area contributed by atoms with Gasteiger partial charge >= 0.3 is 18.2 Å². The highest BCUT2D eigenvalue weighted by Gasteiger charge is 2.33. The van der Waals surface area contributed by atoms with Gasteiger partial charge in [-0.1, -0.05) is 150 Å². The number of nitrogens with two attached hydrogens (primary N) is 1. The second-order valence-corrected chi connectivity index (χ2v) is 19.7. The fourth-order valence-corrected chi connectivity index (χ4v) is 8.75. The zero-order valence-corrected chi connectivity index (χ0v) is 48.1. The van der Waals surface area contributed by atoms with Crippen LogP contribution in [0.25, 0.3) is 11.1 Å². The van der Waals surface area contributed by atoms with Crippen molar-refractivity contribution in [2.24, 2.45) is 21.9 Å². The largest absolute Gasteiger partial charge is 0.449 e. The fraction of sp³-hybridized carbons (Fsp3) is 0.390. The number of ether oxygens (including phenoxy) is 1. The Morgan fingerprint density at radius 3 is 1.42 bits per heavy atom. The normalized spacial score (nSPS) is 13.5. The molecule has 0 radical (unpaired) electrons. The number of amides is 10. The minimum absolute atomic E-state index is 0.0150. The Hall–Kier alpha value is -9.32. The summed E-state index contributed by atoms with van der Waals surface area (Å²) in [5.41, 5.74) is 15.4. The minimum Gasteiger partial charge on any atom is -0.449 e. The van der Waals surface area contributed by atoms with Crippen molar-refractivity contribution in [3.63, 3.8) is 0 Å². The number of nitrogens with one attached hydrogen (secondary N) is 10. The highest BCUT2D eigenvalue weighted by Crippen LogP contribution is 2.44. The number of nitrogens with zero attached hydrogens (tertiary/aromatic N) is 2. The smallest absolute Gasteiger partial charge is 0.407 e. The molecule has 0 spiro atoms. The van der Waals surface area contributed by atoms with Gasteiger partial charge in [-0.3, -0.25) is 33.6 Å². The Morgan fingerprint density at radius 1 is 0.554 bits per heavy atom. The van der Waals surface area contributed by atoms with Crippen LogP contribution in [-0.2, 0) is 38.3 Å². The molecule has 444 valence electrons. The van der Waals surface area contributed by atoms with Gasteiger partial charge in [-0.05, 0) is 72.4 Å². The molecule has 5 atom stereocenters. The topological polar surface area (TPSA) is 351 Å². The summed E-state index contributed by atoms with van der Waals surface area (Å²) < 4.78 is 5.71. The van der Waals surface area contributed by atoms with Crippen LogP contribution >= 0.6 is 0 Å². The van der Waals surface area contributed by atoms with Gasteiger partial charge in [-0.25, -0.2) is 25.2 Å². The molecule has 0 heterocycles. The summed E-state index contributed by atoms with van der Waals surface area (Å²) in [7, 11) is 2.77. The summed E-state index contributed by atoms with van der Waals surface area (Å²) in [5, 5.41) is 28.0. The van der Waals surface area contributed by atoms with Gasteiger partial charge in [-0.2, -0.15) is 10.2 Å². The SMILES string of the molecule is CCC[C@H](N)C(=NNC(=O)NC)C(=O)NCC(=O)N[C@H](C(C)=O)c1ccccc1.CCC[C@H](NC(=O)[C@H](CC(C)C)NC(=O)OCC1c2ccccc2-c2ccccc21)C(=NNC(=O)NC)C(=O)NCC(=O)N[C@H](C(C)=O)c1ccccc1. The lowest BCUT2D eigenvalue weighted by Gasteiger charge is -2.25. The first-order valence-corrected chi connectivity index (χ1v) is 27.3. The molecular weight excluding hydrogens is 1070 g/mol. The number of carbonyl (C=O) groups excluding carboxylic acids is 10. The van der Waals surface area contributed by atoms with Gasteiger partial charge < -0.3 is 53.0 Å². The van der Waals surface area contributed by atoms with Crippen molar-refractivity contribution in [3.05, 3.63) is 131 Å². The van der Waals surface area contributed by atoms with Crippen molar-refractivity contribution in [1.82, 2.24) is 53.4 Å². The number of urea groups is 2. The Morgan fingerprint density at radius 2 is 0.988 bits per heavy atom. The third-order valence-corrected chi connectivity index (χ3v) is 12.8. The second-order valence-electron chi connectivity index (χ2n) is 19.7. The van der Waals surface area contributed by atoms with Crippen LogP contribution in [0, 0.1) is 5.92 Å². The number of benzene rings is 4. The number of fused-ring (bicyclic) bond motifs is 3. The molecule has 4 aromatic rings.